The maximum atomic E-state index is 12.7. The third-order valence-electron chi connectivity index (χ3n) is 3.98. The van der Waals surface area contributed by atoms with Gasteiger partial charge in [-0.15, -0.1) is 22.7 Å². The first kappa shape index (κ1) is 16.6. The van der Waals surface area contributed by atoms with E-state index in [2.05, 4.69) is 15.5 Å². The van der Waals surface area contributed by atoms with Gasteiger partial charge >= 0.3 is 0 Å². The number of thiophene rings is 2. The molecule has 1 amide bonds. The zero-order valence-corrected chi connectivity index (χ0v) is 15.6. The third-order valence-corrected chi connectivity index (χ3v) is 5.83. The lowest BCUT2D eigenvalue weighted by molar-refractivity contribution is 0.0957. The molecular formula is C20H15N3OS2. The number of nitrogens with one attached hydrogen (secondary N) is 1. The minimum atomic E-state index is -0.244. The van der Waals surface area contributed by atoms with Crippen LogP contribution in [0.3, 0.4) is 0 Å². The summed E-state index contributed by atoms with van der Waals surface area (Å²) in [7, 11) is 0. The normalized spacial score (nSPS) is 11.3. The van der Waals surface area contributed by atoms with Gasteiger partial charge in [-0.25, -0.2) is 10.4 Å². The lowest BCUT2D eigenvalue weighted by Gasteiger charge is -2.07. The van der Waals surface area contributed by atoms with Crippen LogP contribution in [0.2, 0.25) is 0 Å². The van der Waals surface area contributed by atoms with Crippen LogP contribution in [0.5, 0.6) is 0 Å². The van der Waals surface area contributed by atoms with Crippen molar-refractivity contribution >= 4 is 45.7 Å². The molecule has 0 saturated carbocycles. The molecule has 26 heavy (non-hydrogen) atoms. The van der Waals surface area contributed by atoms with Gasteiger partial charge in [0.15, 0.2) is 0 Å². The SMILES string of the molecule is Cc1ccsc1C=NNC(=O)c1cc(-c2cccs2)nc2ccccc12. The smallest absolute Gasteiger partial charge is 0.267 e. The van der Waals surface area contributed by atoms with Crippen LogP contribution in [-0.4, -0.2) is 17.1 Å². The summed E-state index contributed by atoms with van der Waals surface area (Å²) in [5, 5.41) is 8.93. The Morgan fingerprint density at radius 2 is 2.00 bits per heavy atom. The Kier molecular flexibility index (Phi) is 4.60. The number of carbonyl (C=O) groups is 1. The lowest BCUT2D eigenvalue weighted by Crippen LogP contribution is -2.18. The summed E-state index contributed by atoms with van der Waals surface area (Å²) in [5.41, 5.74) is 5.94. The molecule has 1 aromatic carbocycles. The van der Waals surface area contributed by atoms with Crippen LogP contribution in [0.4, 0.5) is 0 Å². The number of carbonyl (C=O) groups excluding carboxylic acids is 1. The Balaban J connectivity index is 1.69. The first-order valence-corrected chi connectivity index (χ1v) is 9.79. The van der Waals surface area contributed by atoms with E-state index in [0.29, 0.717) is 5.56 Å². The van der Waals surface area contributed by atoms with E-state index in [4.69, 9.17) is 0 Å². The zero-order chi connectivity index (χ0) is 17.9. The van der Waals surface area contributed by atoms with Crippen LogP contribution in [0, 0.1) is 6.92 Å². The molecule has 0 spiro atoms. The van der Waals surface area contributed by atoms with Gasteiger partial charge in [0.1, 0.15) is 0 Å². The fraction of sp³-hybridized carbons (Fsp3) is 0.0500. The molecule has 1 N–H and O–H groups in total. The quantitative estimate of drug-likeness (QED) is 0.397. The number of pyridine rings is 1. The first-order valence-electron chi connectivity index (χ1n) is 8.03. The minimum Gasteiger partial charge on any atom is -0.267 e. The second-order valence-electron chi connectivity index (χ2n) is 5.72. The standard InChI is InChI=1S/C20H15N3OS2/c1-13-8-10-26-19(13)12-21-23-20(24)15-11-17(18-7-4-9-25-18)22-16-6-3-2-5-14(15)16/h2-12H,1H3,(H,23,24). The average molecular weight is 377 g/mol. The number of fused-ring (bicyclic) bond motifs is 1. The van der Waals surface area contributed by atoms with E-state index < -0.39 is 0 Å². The van der Waals surface area contributed by atoms with Crippen molar-refractivity contribution in [3.8, 4) is 10.6 Å². The Bertz CT molecular complexity index is 1100. The predicted molar refractivity (Wildman–Crippen MR) is 109 cm³/mol. The van der Waals surface area contributed by atoms with Crippen LogP contribution >= 0.6 is 22.7 Å². The van der Waals surface area contributed by atoms with Crippen LogP contribution in [0.25, 0.3) is 21.5 Å². The molecular weight excluding hydrogens is 362 g/mol. The molecule has 0 aliphatic carbocycles. The highest BCUT2D eigenvalue weighted by Gasteiger charge is 2.14. The van der Waals surface area contributed by atoms with E-state index in [1.807, 2.05) is 66.2 Å². The summed E-state index contributed by atoms with van der Waals surface area (Å²) in [4.78, 5) is 19.5. The second kappa shape index (κ2) is 7.19. The predicted octanol–water partition coefficient (Wildman–Crippen LogP) is 5.10. The number of amides is 1. The van der Waals surface area contributed by atoms with Gasteiger partial charge in [0.25, 0.3) is 5.91 Å². The maximum Gasteiger partial charge on any atom is 0.272 e. The molecule has 0 fully saturated rings. The molecule has 0 aliphatic rings. The number of para-hydroxylation sites is 1. The monoisotopic (exact) mass is 377 g/mol. The van der Waals surface area contributed by atoms with Crippen LogP contribution in [0.1, 0.15) is 20.8 Å². The topological polar surface area (TPSA) is 54.4 Å². The van der Waals surface area contributed by atoms with E-state index in [-0.39, 0.29) is 5.91 Å². The van der Waals surface area contributed by atoms with E-state index >= 15 is 0 Å². The van der Waals surface area contributed by atoms with Crippen molar-refractivity contribution < 1.29 is 4.79 Å². The first-order chi connectivity index (χ1) is 12.7. The molecule has 0 saturated heterocycles. The highest BCUT2D eigenvalue weighted by Crippen LogP contribution is 2.27. The largest absolute Gasteiger partial charge is 0.272 e. The highest BCUT2D eigenvalue weighted by molar-refractivity contribution is 7.13. The molecule has 0 aliphatic heterocycles. The summed E-state index contributed by atoms with van der Waals surface area (Å²) in [5.74, 6) is -0.244. The molecule has 3 heterocycles. The highest BCUT2D eigenvalue weighted by atomic mass is 32.1. The fourth-order valence-electron chi connectivity index (χ4n) is 2.64. The van der Waals surface area contributed by atoms with Gasteiger partial charge in [-0.2, -0.15) is 5.10 Å². The number of rotatable bonds is 4. The van der Waals surface area contributed by atoms with Crippen LogP contribution < -0.4 is 5.43 Å². The van der Waals surface area contributed by atoms with Gasteiger partial charge in [-0.05, 0) is 47.5 Å². The van der Waals surface area contributed by atoms with Crippen LogP contribution in [0.15, 0.2) is 64.4 Å². The van der Waals surface area contributed by atoms with Gasteiger partial charge in [0.2, 0.25) is 0 Å². The number of hydrazone groups is 1. The molecule has 3 aromatic heterocycles. The molecule has 4 nitrogen and oxygen atoms in total. The van der Waals surface area contributed by atoms with Gasteiger partial charge in [-0.3, -0.25) is 4.79 Å². The van der Waals surface area contributed by atoms with Crippen molar-refractivity contribution in [3.05, 3.63) is 75.3 Å². The Labute approximate surface area is 158 Å². The van der Waals surface area contributed by atoms with Gasteiger partial charge in [0.05, 0.1) is 27.9 Å². The number of hydrogen-bond acceptors (Lipinski definition) is 5. The Hall–Kier alpha value is -2.83. The summed E-state index contributed by atoms with van der Waals surface area (Å²) >= 11 is 3.19. The van der Waals surface area contributed by atoms with Crippen molar-refractivity contribution in [1.82, 2.24) is 10.4 Å². The fourth-order valence-corrected chi connectivity index (χ4v) is 4.11. The number of nitrogens with zero attached hydrogens (tertiary/aromatic N) is 2. The second-order valence-corrected chi connectivity index (χ2v) is 7.61. The molecule has 0 bridgehead atoms. The summed E-state index contributed by atoms with van der Waals surface area (Å²) in [6.07, 6.45) is 1.68. The number of benzene rings is 1. The van der Waals surface area contributed by atoms with Gasteiger partial charge in [0, 0.05) is 10.3 Å². The average Bonchev–Trinajstić information content (AvgIpc) is 3.33. The third kappa shape index (κ3) is 3.29. The Morgan fingerprint density at radius 1 is 1.12 bits per heavy atom. The lowest BCUT2D eigenvalue weighted by atomic mass is 10.1. The molecule has 4 aromatic rings. The van der Waals surface area contributed by atoms with Crippen molar-refractivity contribution in [3.63, 3.8) is 0 Å². The van der Waals surface area contributed by atoms with E-state index in [9.17, 15) is 4.79 Å². The Morgan fingerprint density at radius 3 is 2.77 bits per heavy atom. The number of aryl methyl sites for hydroxylation is 1. The number of aromatic nitrogens is 1. The van der Waals surface area contributed by atoms with Crippen molar-refractivity contribution in [2.24, 2.45) is 5.10 Å². The van der Waals surface area contributed by atoms with E-state index in [1.165, 1.54) is 0 Å². The number of hydrogen-bond donors (Lipinski definition) is 1. The molecule has 128 valence electrons. The minimum absolute atomic E-state index is 0.244. The molecule has 0 unspecified atom stereocenters. The van der Waals surface area contributed by atoms with Crippen molar-refractivity contribution in [1.29, 1.82) is 0 Å². The van der Waals surface area contributed by atoms with Gasteiger partial charge in [-0.1, -0.05) is 24.3 Å². The van der Waals surface area contributed by atoms with Crippen LogP contribution in [-0.2, 0) is 0 Å². The molecule has 0 atom stereocenters. The zero-order valence-electron chi connectivity index (χ0n) is 14.0. The van der Waals surface area contributed by atoms with Crippen molar-refractivity contribution in [2.45, 2.75) is 6.92 Å². The van der Waals surface area contributed by atoms with E-state index in [0.717, 1.165) is 31.9 Å². The maximum absolute atomic E-state index is 12.7. The summed E-state index contributed by atoms with van der Waals surface area (Å²) in [6.45, 7) is 2.02. The molecule has 0 radical (unpaired) electrons. The molecule has 6 heteroatoms. The van der Waals surface area contributed by atoms with E-state index in [1.54, 1.807) is 28.9 Å². The summed E-state index contributed by atoms with van der Waals surface area (Å²) < 4.78 is 0. The summed E-state index contributed by atoms with van der Waals surface area (Å²) in [6, 6.07) is 15.5. The van der Waals surface area contributed by atoms with Gasteiger partial charge < -0.3 is 0 Å². The van der Waals surface area contributed by atoms with Crippen molar-refractivity contribution in [2.75, 3.05) is 0 Å². The molecule has 4 rings (SSSR count).